The zero-order chi connectivity index (χ0) is 11.5. The Labute approximate surface area is 82.3 Å². The third-order valence-corrected chi connectivity index (χ3v) is 1.41. The van der Waals surface area contributed by atoms with Gasteiger partial charge in [0.15, 0.2) is 6.61 Å². The number of nitrogens with zero attached hydrogens (tertiary/aromatic N) is 1. The number of hydrogen-bond donors (Lipinski definition) is 1. The van der Waals surface area contributed by atoms with Crippen LogP contribution in [0.5, 0.6) is 5.88 Å². The summed E-state index contributed by atoms with van der Waals surface area (Å²) in [7, 11) is 0. The van der Waals surface area contributed by atoms with E-state index < -0.39 is 30.2 Å². The number of alkyl halides is 3. The molecule has 15 heavy (non-hydrogen) atoms. The summed E-state index contributed by atoms with van der Waals surface area (Å²) in [6.45, 7) is -0.861. The van der Waals surface area contributed by atoms with E-state index in [1.165, 1.54) is 0 Å². The zero-order valence-corrected chi connectivity index (χ0v) is 7.28. The number of aliphatic carboxylic acids is 1. The van der Waals surface area contributed by atoms with Crippen LogP contribution in [0.25, 0.3) is 0 Å². The molecule has 0 aliphatic rings. The van der Waals surface area contributed by atoms with Crippen molar-refractivity contribution in [3.63, 3.8) is 0 Å². The molecule has 1 heterocycles. The number of pyridine rings is 1. The van der Waals surface area contributed by atoms with Crippen molar-refractivity contribution in [2.24, 2.45) is 0 Å². The van der Waals surface area contributed by atoms with Crippen molar-refractivity contribution in [3.05, 3.63) is 23.9 Å². The Balaban J connectivity index is 2.92. The minimum Gasteiger partial charge on any atom is -0.479 e. The third kappa shape index (κ3) is 3.12. The van der Waals surface area contributed by atoms with Gasteiger partial charge in [0, 0.05) is 6.20 Å². The first kappa shape index (κ1) is 11.3. The van der Waals surface area contributed by atoms with E-state index >= 15 is 0 Å². The monoisotopic (exact) mass is 221 g/mol. The molecule has 0 saturated carbocycles. The van der Waals surface area contributed by atoms with Gasteiger partial charge in [-0.05, 0) is 12.1 Å². The summed E-state index contributed by atoms with van der Waals surface area (Å²) in [6.07, 6.45) is -3.52. The number of aromatic nitrogens is 1. The number of ether oxygens (including phenoxy) is 1. The Hall–Kier alpha value is -1.79. The highest BCUT2D eigenvalue weighted by Crippen LogP contribution is 2.34. The summed E-state index contributed by atoms with van der Waals surface area (Å²) in [6, 6.07) is 1.86. The number of carboxylic acids is 1. The van der Waals surface area contributed by atoms with Crippen LogP contribution < -0.4 is 4.74 Å². The average Bonchev–Trinajstić information content (AvgIpc) is 2.13. The van der Waals surface area contributed by atoms with Gasteiger partial charge >= 0.3 is 12.1 Å². The Morgan fingerprint density at radius 2 is 2.20 bits per heavy atom. The lowest BCUT2D eigenvalue weighted by Crippen LogP contribution is -2.14. The van der Waals surface area contributed by atoms with Gasteiger partial charge < -0.3 is 9.84 Å². The largest absolute Gasteiger partial charge is 0.479 e. The molecule has 0 atom stereocenters. The van der Waals surface area contributed by atoms with Gasteiger partial charge in [-0.1, -0.05) is 0 Å². The smallest absolute Gasteiger partial charge is 0.421 e. The van der Waals surface area contributed by atoms with E-state index in [2.05, 4.69) is 9.72 Å². The second-order valence-electron chi connectivity index (χ2n) is 2.54. The summed E-state index contributed by atoms with van der Waals surface area (Å²) in [5.41, 5.74) is -1.09. The van der Waals surface area contributed by atoms with Gasteiger partial charge in [-0.15, -0.1) is 0 Å². The molecule has 1 aromatic rings. The van der Waals surface area contributed by atoms with Crippen LogP contribution >= 0.6 is 0 Å². The summed E-state index contributed by atoms with van der Waals surface area (Å²) in [5.74, 6) is -2.10. The molecule has 1 N–H and O–H groups in total. The Morgan fingerprint density at radius 1 is 1.53 bits per heavy atom. The minimum absolute atomic E-state index is 0.729. The first-order chi connectivity index (χ1) is 6.91. The topological polar surface area (TPSA) is 59.4 Å². The molecule has 4 nitrogen and oxygen atoms in total. The Bertz CT molecular complexity index is 364. The zero-order valence-electron chi connectivity index (χ0n) is 7.28. The van der Waals surface area contributed by atoms with Crippen LogP contribution in [-0.2, 0) is 11.0 Å². The lowest BCUT2D eigenvalue weighted by Gasteiger charge is -2.10. The molecular formula is C8H6F3NO3. The maximum absolute atomic E-state index is 12.3. The molecule has 0 unspecified atom stereocenters. The molecule has 1 aromatic heterocycles. The van der Waals surface area contributed by atoms with E-state index in [1.54, 1.807) is 0 Å². The molecule has 0 saturated heterocycles. The first-order valence-corrected chi connectivity index (χ1v) is 3.78. The van der Waals surface area contributed by atoms with Crippen molar-refractivity contribution in [2.75, 3.05) is 6.61 Å². The number of hydrogen-bond acceptors (Lipinski definition) is 3. The molecule has 7 heteroatoms. The SMILES string of the molecule is O=C(O)COc1ncccc1C(F)(F)F. The highest BCUT2D eigenvalue weighted by atomic mass is 19.4. The quantitative estimate of drug-likeness (QED) is 0.841. The predicted octanol–water partition coefficient (Wildman–Crippen LogP) is 1.56. The highest BCUT2D eigenvalue weighted by Gasteiger charge is 2.35. The van der Waals surface area contributed by atoms with E-state index in [4.69, 9.17) is 5.11 Å². The van der Waals surface area contributed by atoms with E-state index in [9.17, 15) is 18.0 Å². The number of rotatable bonds is 3. The number of carbonyl (C=O) groups is 1. The molecule has 0 radical (unpaired) electrons. The van der Waals surface area contributed by atoms with Crippen molar-refractivity contribution in [1.82, 2.24) is 4.98 Å². The normalized spacial score (nSPS) is 11.1. The van der Waals surface area contributed by atoms with Crippen molar-refractivity contribution in [2.45, 2.75) is 6.18 Å². The van der Waals surface area contributed by atoms with Gasteiger partial charge in [-0.2, -0.15) is 13.2 Å². The van der Waals surface area contributed by atoms with Crippen LogP contribution in [0, 0.1) is 0 Å². The van der Waals surface area contributed by atoms with E-state index in [0.717, 1.165) is 18.3 Å². The van der Waals surface area contributed by atoms with Crippen molar-refractivity contribution in [3.8, 4) is 5.88 Å². The van der Waals surface area contributed by atoms with Crippen LogP contribution in [0.1, 0.15) is 5.56 Å². The first-order valence-electron chi connectivity index (χ1n) is 3.78. The van der Waals surface area contributed by atoms with Gasteiger partial charge in [0.05, 0.1) is 0 Å². The lowest BCUT2D eigenvalue weighted by atomic mass is 10.2. The lowest BCUT2D eigenvalue weighted by molar-refractivity contribution is -0.143. The molecule has 0 amide bonds. The molecule has 0 spiro atoms. The molecule has 1 rings (SSSR count). The maximum atomic E-state index is 12.3. The fourth-order valence-corrected chi connectivity index (χ4v) is 0.852. The van der Waals surface area contributed by atoms with Crippen LogP contribution in [0.15, 0.2) is 18.3 Å². The second kappa shape index (κ2) is 4.16. The molecular weight excluding hydrogens is 215 g/mol. The van der Waals surface area contributed by atoms with Crippen molar-refractivity contribution < 1.29 is 27.8 Å². The van der Waals surface area contributed by atoms with Gasteiger partial charge in [0.1, 0.15) is 5.56 Å². The van der Waals surface area contributed by atoms with Crippen LogP contribution in [0.3, 0.4) is 0 Å². The molecule has 0 fully saturated rings. The van der Waals surface area contributed by atoms with Gasteiger partial charge in [-0.25, -0.2) is 9.78 Å². The van der Waals surface area contributed by atoms with E-state index in [-0.39, 0.29) is 0 Å². The van der Waals surface area contributed by atoms with Gasteiger partial charge in [-0.3, -0.25) is 0 Å². The van der Waals surface area contributed by atoms with Crippen LogP contribution in [0.2, 0.25) is 0 Å². The minimum atomic E-state index is -4.61. The van der Waals surface area contributed by atoms with E-state index in [1.807, 2.05) is 0 Å². The molecule has 0 aliphatic heterocycles. The van der Waals surface area contributed by atoms with Crippen molar-refractivity contribution in [1.29, 1.82) is 0 Å². The summed E-state index contributed by atoms with van der Waals surface area (Å²) >= 11 is 0. The second-order valence-corrected chi connectivity index (χ2v) is 2.54. The summed E-state index contributed by atoms with van der Waals surface area (Å²) < 4.78 is 41.3. The number of halogens is 3. The van der Waals surface area contributed by atoms with Gasteiger partial charge in [0.25, 0.3) is 0 Å². The standard InChI is InChI=1S/C8H6F3NO3/c9-8(10,11)5-2-1-3-12-7(5)15-4-6(13)14/h1-3H,4H2,(H,13,14). The predicted molar refractivity (Wildman–Crippen MR) is 42.4 cm³/mol. The molecule has 0 aliphatic carbocycles. The molecule has 82 valence electrons. The van der Waals surface area contributed by atoms with Crippen molar-refractivity contribution >= 4 is 5.97 Å². The highest BCUT2D eigenvalue weighted by molar-refractivity contribution is 5.68. The Kier molecular flexibility index (Phi) is 3.13. The third-order valence-electron chi connectivity index (χ3n) is 1.41. The van der Waals surface area contributed by atoms with Crippen LogP contribution in [-0.4, -0.2) is 22.7 Å². The summed E-state index contributed by atoms with van der Waals surface area (Å²) in [5, 5.41) is 8.23. The summed E-state index contributed by atoms with van der Waals surface area (Å²) in [4.78, 5) is 13.4. The molecule has 0 aromatic carbocycles. The number of carboxylic acid groups (broad SMARTS) is 1. The van der Waals surface area contributed by atoms with E-state index in [0.29, 0.717) is 0 Å². The molecule has 0 bridgehead atoms. The average molecular weight is 221 g/mol. The fourth-order valence-electron chi connectivity index (χ4n) is 0.852. The fraction of sp³-hybridized carbons (Fsp3) is 0.250. The van der Waals surface area contributed by atoms with Gasteiger partial charge in [0.2, 0.25) is 5.88 Å². The Morgan fingerprint density at radius 3 is 2.73 bits per heavy atom. The maximum Gasteiger partial charge on any atom is 0.421 e. The van der Waals surface area contributed by atoms with Crippen LogP contribution in [0.4, 0.5) is 13.2 Å².